The molecule has 0 aliphatic rings. The average Bonchev–Trinajstić information content (AvgIpc) is 2.60. The third kappa shape index (κ3) is 2.90. The molecule has 124 valence electrons. The lowest BCUT2D eigenvalue weighted by atomic mass is 9.84. The number of Topliss-reactive ketones (excluding diaryl/α,β-unsaturated/α-hetero) is 1. The minimum Gasteiger partial charge on any atom is -0.479 e. The first-order valence-electron chi connectivity index (χ1n) is 6.86. The zero-order chi connectivity index (χ0) is 17.9. The van der Waals surface area contributed by atoms with Crippen molar-refractivity contribution in [2.45, 2.75) is 11.7 Å². The van der Waals surface area contributed by atoms with Gasteiger partial charge in [0, 0.05) is 5.56 Å². The van der Waals surface area contributed by atoms with Crippen LogP contribution in [0.2, 0.25) is 0 Å². The number of ketones is 1. The second-order valence-corrected chi connectivity index (χ2v) is 5.05. The van der Waals surface area contributed by atoms with E-state index in [1.165, 1.54) is 18.2 Å². The number of hydrogen-bond acceptors (Lipinski definition) is 5. The Bertz CT molecular complexity index is 785. The fraction of sp³-hybridized carbons (Fsp3) is 0.118. The molecule has 24 heavy (non-hydrogen) atoms. The number of rotatable bonds is 6. The van der Waals surface area contributed by atoms with E-state index >= 15 is 0 Å². The molecule has 0 unspecified atom stereocenters. The molecule has 0 spiro atoms. The van der Waals surface area contributed by atoms with Crippen LogP contribution in [0.1, 0.15) is 10.4 Å². The lowest BCUT2D eigenvalue weighted by Crippen LogP contribution is -2.59. The van der Waals surface area contributed by atoms with Crippen LogP contribution in [0.5, 0.6) is 0 Å². The molecule has 2 rings (SSSR count). The molecule has 0 saturated carbocycles. The predicted octanol–water partition coefficient (Wildman–Crippen LogP) is 0.798. The minimum absolute atomic E-state index is 0.214. The smallest absolute Gasteiger partial charge is 0.347 e. The van der Waals surface area contributed by atoms with Crippen molar-refractivity contribution in [1.82, 2.24) is 0 Å². The lowest BCUT2D eigenvalue weighted by molar-refractivity contribution is -0.175. The van der Waals surface area contributed by atoms with E-state index in [-0.39, 0.29) is 5.56 Å². The van der Waals surface area contributed by atoms with E-state index in [2.05, 4.69) is 0 Å². The van der Waals surface area contributed by atoms with Crippen molar-refractivity contribution >= 4 is 17.7 Å². The molecule has 0 radical (unpaired) electrons. The molecule has 4 N–H and O–H groups in total. The fourth-order valence-corrected chi connectivity index (χ4v) is 2.27. The topological polar surface area (TPSA) is 132 Å². The predicted molar refractivity (Wildman–Crippen MR) is 82.4 cm³/mol. The van der Waals surface area contributed by atoms with Gasteiger partial charge in [-0.1, -0.05) is 54.6 Å². The number of carboxylic acid groups (broad SMARTS) is 2. The van der Waals surface area contributed by atoms with Crippen molar-refractivity contribution in [3.05, 3.63) is 60.2 Å². The molecule has 0 aromatic heterocycles. The van der Waals surface area contributed by atoms with Gasteiger partial charge in [0.1, 0.15) is 0 Å². The molecular weight excluding hydrogens is 316 g/mol. The van der Waals surface area contributed by atoms with Crippen molar-refractivity contribution in [3.8, 4) is 11.1 Å². The van der Waals surface area contributed by atoms with Gasteiger partial charge in [-0.2, -0.15) is 0 Å². The summed E-state index contributed by atoms with van der Waals surface area (Å²) in [5.41, 5.74) is -2.84. The summed E-state index contributed by atoms with van der Waals surface area (Å²) in [4.78, 5) is 34.8. The minimum atomic E-state index is -3.50. The highest BCUT2D eigenvalue weighted by Crippen LogP contribution is 2.28. The molecule has 2 aromatic carbocycles. The van der Waals surface area contributed by atoms with Gasteiger partial charge in [-0.15, -0.1) is 0 Å². The Morgan fingerprint density at radius 1 is 0.875 bits per heavy atom. The van der Waals surface area contributed by atoms with E-state index in [0.29, 0.717) is 11.1 Å². The first kappa shape index (κ1) is 17.3. The number of aliphatic hydroxyl groups excluding tert-OH is 1. The SMILES string of the molecule is O=C(O)[C@@H](O)[C@](O)(C(=O)O)C(=O)c1ccccc1-c1ccccc1. The van der Waals surface area contributed by atoms with E-state index in [0.717, 1.165) is 0 Å². The summed E-state index contributed by atoms with van der Waals surface area (Å²) in [5.74, 6) is -5.58. The first-order chi connectivity index (χ1) is 11.3. The van der Waals surface area contributed by atoms with Crippen LogP contribution < -0.4 is 0 Å². The average molecular weight is 330 g/mol. The number of carbonyl (C=O) groups is 3. The van der Waals surface area contributed by atoms with E-state index < -0.39 is 29.4 Å². The van der Waals surface area contributed by atoms with E-state index in [1.54, 1.807) is 36.4 Å². The lowest BCUT2D eigenvalue weighted by Gasteiger charge is -2.25. The standard InChI is InChI=1S/C17H14O7/c18-13(17(24,16(22)23)14(19)15(20)21)12-9-5-4-8-11(12)10-6-2-1-3-7-10/h1-9,14,19,24H,(H,20,21)(H,22,23)/t14-,17+/m1/s1. The highest BCUT2D eigenvalue weighted by Gasteiger charge is 2.55. The van der Waals surface area contributed by atoms with Crippen LogP contribution in [-0.2, 0) is 9.59 Å². The number of carboxylic acids is 2. The first-order valence-corrected chi connectivity index (χ1v) is 6.86. The summed E-state index contributed by atoms with van der Waals surface area (Å²) in [7, 11) is 0. The Kier molecular flexibility index (Phi) is 4.77. The molecule has 0 bridgehead atoms. The van der Waals surface area contributed by atoms with E-state index in [1.807, 2.05) is 0 Å². The van der Waals surface area contributed by atoms with Gasteiger partial charge in [0.15, 0.2) is 6.10 Å². The third-order valence-corrected chi connectivity index (χ3v) is 3.56. The van der Waals surface area contributed by atoms with Crippen LogP contribution in [-0.4, -0.2) is 49.9 Å². The van der Waals surface area contributed by atoms with Crippen LogP contribution in [0.4, 0.5) is 0 Å². The number of benzene rings is 2. The van der Waals surface area contributed by atoms with Gasteiger partial charge >= 0.3 is 11.9 Å². The van der Waals surface area contributed by atoms with Crippen LogP contribution in [0, 0.1) is 0 Å². The second kappa shape index (κ2) is 6.61. The number of aliphatic carboxylic acids is 2. The molecule has 7 heteroatoms. The number of carbonyl (C=O) groups excluding carboxylic acids is 1. The van der Waals surface area contributed by atoms with Crippen molar-refractivity contribution in [2.75, 3.05) is 0 Å². The maximum atomic E-state index is 12.6. The van der Waals surface area contributed by atoms with Crippen LogP contribution in [0.25, 0.3) is 11.1 Å². The van der Waals surface area contributed by atoms with E-state index in [9.17, 15) is 24.6 Å². The molecular formula is C17H14O7. The zero-order valence-corrected chi connectivity index (χ0v) is 12.3. The van der Waals surface area contributed by atoms with Crippen molar-refractivity contribution in [1.29, 1.82) is 0 Å². The van der Waals surface area contributed by atoms with Gasteiger partial charge in [-0.25, -0.2) is 9.59 Å². The maximum absolute atomic E-state index is 12.6. The van der Waals surface area contributed by atoms with Crippen molar-refractivity contribution in [2.24, 2.45) is 0 Å². The number of aliphatic hydroxyl groups is 2. The fourth-order valence-electron chi connectivity index (χ4n) is 2.27. The third-order valence-electron chi connectivity index (χ3n) is 3.56. The second-order valence-electron chi connectivity index (χ2n) is 5.05. The summed E-state index contributed by atoms with van der Waals surface area (Å²) in [6, 6.07) is 14.3. The summed E-state index contributed by atoms with van der Waals surface area (Å²) < 4.78 is 0. The van der Waals surface area contributed by atoms with Gasteiger partial charge in [-0.3, -0.25) is 4.79 Å². The largest absolute Gasteiger partial charge is 0.479 e. The van der Waals surface area contributed by atoms with Crippen LogP contribution in [0.3, 0.4) is 0 Å². The normalized spacial score (nSPS) is 14.4. The zero-order valence-electron chi connectivity index (χ0n) is 12.3. The molecule has 2 atom stereocenters. The van der Waals surface area contributed by atoms with Gasteiger partial charge in [-0.05, 0) is 11.1 Å². The molecule has 0 amide bonds. The molecule has 0 fully saturated rings. The molecule has 2 aromatic rings. The Balaban J connectivity index is 2.61. The highest BCUT2D eigenvalue weighted by atomic mass is 16.4. The van der Waals surface area contributed by atoms with Crippen molar-refractivity contribution in [3.63, 3.8) is 0 Å². The highest BCUT2D eigenvalue weighted by molar-refractivity contribution is 6.19. The Morgan fingerprint density at radius 3 is 1.96 bits per heavy atom. The monoisotopic (exact) mass is 330 g/mol. The van der Waals surface area contributed by atoms with Crippen LogP contribution >= 0.6 is 0 Å². The Hall–Kier alpha value is -3.03. The molecule has 0 heterocycles. The van der Waals surface area contributed by atoms with Crippen molar-refractivity contribution < 1.29 is 34.8 Å². The Labute approximate surface area is 136 Å². The van der Waals surface area contributed by atoms with Gasteiger partial charge in [0.25, 0.3) is 5.60 Å². The van der Waals surface area contributed by atoms with Gasteiger partial charge < -0.3 is 20.4 Å². The summed E-state index contributed by atoms with van der Waals surface area (Å²) in [6.07, 6.45) is -2.81. The number of hydrogen-bond donors (Lipinski definition) is 4. The summed E-state index contributed by atoms with van der Waals surface area (Å²) >= 11 is 0. The van der Waals surface area contributed by atoms with Gasteiger partial charge in [0.2, 0.25) is 5.78 Å². The molecule has 0 aliphatic heterocycles. The maximum Gasteiger partial charge on any atom is 0.347 e. The molecule has 7 nitrogen and oxygen atoms in total. The van der Waals surface area contributed by atoms with E-state index in [4.69, 9.17) is 10.2 Å². The molecule has 0 saturated heterocycles. The van der Waals surface area contributed by atoms with Crippen LogP contribution in [0.15, 0.2) is 54.6 Å². The molecule has 0 aliphatic carbocycles. The summed E-state index contributed by atoms with van der Waals surface area (Å²) in [6.45, 7) is 0. The summed E-state index contributed by atoms with van der Waals surface area (Å²) in [5, 5.41) is 37.7. The van der Waals surface area contributed by atoms with Gasteiger partial charge in [0.05, 0.1) is 0 Å². The Morgan fingerprint density at radius 2 is 1.42 bits per heavy atom. The quantitative estimate of drug-likeness (QED) is 0.455.